The van der Waals surface area contributed by atoms with Gasteiger partial charge in [-0.05, 0) is 52.6 Å². The molecule has 10 nitrogen and oxygen atoms in total. The summed E-state index contributed by atoms with van der Waals surface area (Å²) in [6, 6.07) is 26.9. The number of hydrogen-bond donors (Lipinski definition) is 2. The number of pyridine rings is 1. The number of nitrogens with one attached hydrogen (secondary N) is 2. The maximum atomic E-state index is 13.2. The van der Waals surface area contributed by atoms with Crippen LogP contribution in [0.2, 0.25) is 0 Å². The van der Waals surface area contributed by atoms with E-state index in [1.165, 1.54) is 12.1 Å². The molecule has 5 aromatic rings. The van der Waals surface area contributed by atoms with E-state index in [1.54, 1.807) is 36.5 Å². The number of carbonyl (C=O) groups is 1. The van der Waals surface area contributed by atoms with Crippen molar-refractivity contribution in [2.45, 2.75) is 24.8 Å². The molecule has 202 valence electrons. The van der Waals surface area contributed by atoms with Gasteiger partial charge in [-0.15, -0.1) is 10.2 Å². The Morgan fingerprint density at radius 3 is 2.33 bits per heavy atom. The van der Waals surface area contributed by atoms with Crippen LogP contribution in [0.5, 0.6) is 0 Å². The van der Waals surface area contributed by atoms with Gasteiger partial charge in [-0.2, -0.15) is 5.21 Å². The highest BCUT2D eigenvalue weighted by Crippen LogP contribution is 2.30. The van der Waals surface area contributed by atoms with Gasteiger partial charge in [-0.1, -0.05) is 73.7 Å². The van der Waals surface area contributed by atoms with E-state index in [-0.39, 0.29) is 10.5 Å². The lowest BCUT2D eigenvalue weighted by atomic mass is 9.98. The molecule has 0 aliphatic rings. The smallest absolute Gasteiger partial charge is 0.268 e. The molecule has 0 saturated carbocycles. The lowest BCUT2D eigenvalue weighted by molar-refractivity contribution is 0.0981. The molecule has 0 unspecified atom stereocenters. The number of amides is 1. The quantitative estimate of drug-likeness (QED) is 0.259. The number of tetrazole rings is 1. The molecule has 2 N–H and O–H groups in total. The Hall–Kier alpha value is -4.90. The molecule has 0 radical (unpaired) electrons. The standard InChI is InChI=1S/C29H27N7O3S/c1-2-19-36(28-26(13-8-18-30-28)29(37)33-40(38,39)23-9-4-3-5-10-23)20-21-14-16-22(17-15-21)24-11-6-7-12-25(24)27-31-34-35-32-27/h3-18H,2,19-20H2,1H3,(H,33,37)(H,31,32,34,35). The summed E-state index contributed by atoms with van der Waals surface area (Å²) in [6.07, 6.45) is 2.40. The van der Waals surface area contributed by atoms with Gasteiger partial charge in [0.1, 0.15) is 5.82 Å². The summed E-state index contributed by atoms with van der Waals surface area (Å²) in [5, 5.41) is 14.4. The lowest BCUT2D eigenvalue weighted by Gasteiger charge is -2.25. The second-order valence-corrected chi connectivity index (χ2v) is 10.7. The molecule has 3 aromatic carbocycles. The van der Waals surface area contributed by atoms with Gasteiger partial charge in [0, 0.05) is 24.8 Å². The number of anilines is 1. The van der Waals surface area contributed by atoms with E-state index < -0.39 is 15.9 Å². The summed E-state index contributed by atoms with van der Waals surface area (Å²) in [5.74, 6) is 0.196. The molecule has 2 aromatic heterocycles. The normalized spacial score (nSPS) is 11.2. The van der Waals surface area contributed by atoms with Crippen LogP contribution in [-0.4, -0.2) is 46.5 Å². The van der Waals surface area contributed by atoms with Gasteiger partial charge in [-0.3, -0.25) is 4.79 Å². The third-order valence-corrected chi connectivity index (χ3v) is 7.60. The second-order valence-electron chi connectivity index (χ2n) is 9.02. The molecule has 0 fully saturated rings. The molecule has 11 heteroatoms. The maximum Gasteiger partial charge on any atom is 0.268 e. The van der Waals surface area contributed by atoms with Crippen molar-refractivity contribution in [1.29, 1.82) is 0 Å². The molecule has 2 heterocycles. The highest BCUT2D eigenvalue weighted by molar-refractivity contribution is 7.90. The van der Waals surface area contributed by atoms with Crippen LogP contribution in [0, 0.1) is 0 Å². The van der Waals surface area contributed by atoms with Crippen molar-refractivity contribution in [2.24, 2.45) is 0 Å². The van der Waals surface area contributed by atoms with Crippen LogP contribution in [0.3, 0.4) is 0 Å². The van der Waals surface area contributed by atoms with Crippen LogP contribution in [0.25, 0.3) is 22.5 Å². The number of aromatic amines is 1. The number of benzene rings is 3. The lowest BCUT2D eigenvalue weighted by Crippen LogP contribution is -2.33. The number of rotatable bonds is 10. The van der Waals surface area contributed by atoms with Crippen molar-refractivity contribution in [3.63, 3.8) is 0 Å². The number of hydrogen-bond acceptors (Lipinski definition) is 8. The first-order chi connectivity index (χ1) is 19.5. The minimum Gasteiger partial charge on any atom is -0.352 e. The SMILES string of the molecule is CCCN(Cc1ccc(-c2ccccc2-c2nn[nH]n2)cc1)c1ncccc1C(=O)NS(=O)(=O)c1ccccc1. The highest BCUT2D eigenvalue weighted by atomic mass is 32.2. The Balaban J connectivity index is 1.39. The Bertz CT molecular complexity index is 1690. The number of aromatic nitrogens is 5. The first kappa shape index (κ1) is 26.7. The Kier molecular flexibility index (Phi) is 7.92. The van der Waals surface area contributed by atoms with Crippen LogP contribution in [0.15, 0.2) is 102 Å². The summed E-state index contributed by atoms with van der Waals surface area (Å²) >= 11 is 0. The third-order valence-electron chi connectivity index (χ3n) is 6.26. The summed E-state index contributed by atoms with van der Waals surface area (Å²) in [6.45, 7) is 3.13. The fourth-order valence-corrected chi connectivity index (χ4v) is 5.39. The molecule has 0 bridgehead atoms. The highest BCUT2D eigenvalue weighted by Gasteiger charge is 2.23. The van der Waals surface area contributed by atoms with Crippen LogP contribution in [0.1, 0.15) is 29.3 Å². The zero-order chi connectivity index (χ0) is 28.0. The summed E-state index contributed by atoms with van der Waals surface area (Å²) < 4.78 is 27.7. The second kappa shape index (κ2) is 11.9. The number of carbonyl (C=O) groups excluding carboxylic acids is 1. The maximum absolute atomic E-state index is 13.2. The van der Waals surface area contributed by atoms with Gasteiger partial charge in [0.25, 0.3) is 15.9 Å². The van der Waals surface area contributed by atoms with E-state index >= 15 is 0 Å². The molecule has 1 amide bonds. The molecule has 0 aliphatic carbocycles. The van der Waals surface area contributed by atoms with Crippen LogP contribution < -0.4 is 9.62 Å². The van der Waals surface area contributed by atoms with Gasteiger partial charge >= 0.3 is 0 Å². The Morgan fingerprint density at radius 2 is 1.62 bits per heavy atom. The van der Waals surface area contributed by atoms with Crippen molar-refractivity contribution >= 4 is 21.7 Å². The zero-order valence-corrected chi connectivity index (χ0v) is 22.5. The third kappa shape index (κ3) is 5.89. The zero-order valence-electron chi connectivity index (χ0n) is 21.7. The van der Waals surface area contributed by atoms with Gasteiger partial charge in [0.15, 0.2) is 0 Å². The van der Waals surface area contributed by atoms with Crippen molar-refractivity contribution in [3.8, 4) is 22.5 Å². The molecule has 0 spiro atoms. The molecular weight excluding hydrogens is 526 g/mol. The van der Waals surface area contributed by atoms with Crippen molar-refractivity contribution < 1.29 is 13.2 Å². The van der Waals surface area contributed by atoms with E-state index in [0.717, 1.165) is 28.7 Å². The van der Waals surface area contributed by atoms with Crippen LogP contribution in [-0.2, 0) is 16.6 Å². The molecular formula is C29H27N7O3S. The van der Waals surface area contributed by atoms with Gasteiger partial charge in [-0.25, -0.2) is 18.1 Å². The molecule has 0 aliphatic heterocycles. The predicted molar refractivity (Wildman–Crippen MR) is 152 cm³/mol. The largest absolute Gasteiger partial charge is 0.352 e. The van der Waals surface area contributed by atoms with Crippen molar-refractivity contribution in [2.75, 3.05) is 11.4 Å². The fourth-order valence-electron chi connectivity index (χ4n) is 4.41. The molecule has 5 rings (SSSR count). The Labute approximate surface area is 232 Å². The van der Waals surface area contributed by atoms with Crippen molar-refractivity contribution in [3.05, 3.63) is 108 Å². The molecule has 0 saturated heterocycles. The number of H-pyrrole nitrogens is 1. The number of sulfonamides is 1. The van der Waals surface area contributed by atoms with E-state index in [2.05, 4.69) is 30.3 Å². The van der Waals surface area contributed by atoms with E-state index in [0.29, 0.717) is 24.7 Å². The van der Waals surface area contributed by atoms with Crippen LogP contribution >= 0.6 is 0 Å². The minimum absolute atomic E-state index is 0.0141. The van der Waals surface area contributed by atoms with Gasteiger partial charge in [0.05, 0.1) is 10.5 Å². The van der Waals surface area contributed by atoms with Gasteiger partial charge < -0.3 is 4.90 Å². The summed E-state index contributed by atoms with van der Waals surface area (Å²) in [7, 11) is -4.03. The average molecular weight is 554 g/mol. The fraction of sp³-hybridized carbons (Fsp3) is 0.138. The minimum atomic E-state index is -4.03. The van der Waals surface area contributed by atoms with Crippen LogP contribution in [0.4, 0.5) is 5.82 Å². The van der Waals surface area contributed by atoms with E-state index in [1.807, 2.05) is 60.4 Å². The first-order valence-electron chi connectivity index (χ1n) is 12.7. The molecule has 0 atom stereocenters. The van der Waals surface area contributed by atoms with E-state index in [4.69, 9.17) is 0 Å². The summed E-state index contributed by atoms with van der Waals surface area (Å²) in [4.78, 5) is 19.6. The predicted octanol–water partition coefficient (Wildman–Crippen LogP) is 4.46. The first-order valence-corrected chi connectivity index (χ1v) is 14.2. The summed E-state index contributed by atoms with van der Waals surface area (Å²) in [5.41, 5.74) is 4.02. The topological polar surface area (TPSA) is 134 Å². The Morgan fingerprint density at radius 1 is 0.900 bits per heavy atom. The number of nitrogens with zero attached hydrogens (tertiary/aromatic N) is 5. The molecule has 40 heavy (non-hydrogen) atoms. The average Bonchev–Trinajstić information content (AvgIpc) is 3.53. The van der Waals surface area contributed by atoms with Gasteiger partial charge in [0.2, 0.25) is 5.82 Å². The monoisotopic (exact) mass is 553 g/mol. The van der Waals surface area contributed by atoms with Crippen molar-refractivity contribution in [1.82, 2.24) is 30.3 Å². The van der Waals surface area contributed by atoms with E-state index in [9.17, 15) is 13.2 Å².